The molecule has 1 amide bonds. The van der Waals surface area contributed by atoms with E-state index in [2.05, 4.69) is 0 Å². The molecular formula is C17H17NO3. The van der Waals surface area contributed by atoms with Gasteiger partial charge in [0.15, 0.2) is 6.23 Å². The number of carbonyl (C=O) groups is 1. The Labute approximate surface area is 123 Å². The van der Waals surface area contributed by atoms with Crippen molar-refractivity contribution < 1.29 is 14.6 Å². The van der Waals surface area contributed by atoms with Crippen LogP contribution in [-0.2, 0) is 0 Å². The molecule has 0 aromatic heterocycles. The van der Waals surface area contributed by atoms with Crippen molar-refractivity contribution in [1.29, 1.82) is 0 Å². The van der Waals surface area contributed by atoms with E-state index in [9.17, 15) is 9.90 Å². The molecule has 0 heterocycles. The molecule has 0 bridgehead atoms. The van der Waals surface area contributed by atoms with E-state index in [0.29, 0.717) is 11.4 Å². The molecular weight excluding hydrogens is 266 g/mol. The second kappa shape index (κ2) is 5.87. The molecule has 0 aliphatic heterocycles. The highest BCUT2D eigenvalue weighted by atomic mass is 16.5. The quantitative estimate of drug-likeness (QED) is 0.844. The molecule has 4 nitrogen and oxygen atoms in total. The summed E-state index contributed by atoms with van der Waals surface area (Å²) in [6.07, 6.45) is 0.517. The monoisotopic (exact) mass is 283 g/mol. The molecule has 1 aliphatic carbocycles. The minimum Gasteiger partial charge on any atom is -0.470 e. The van der Waals surface area contributed by atoms with E-state index in [4.69, 9.17) is 4.74 Å². The van der Waals surface area contributed by atoms with Gasteiger partial charge in [-0.05, 0) is 37.1 Å². The SMILES string of the molecule is O=C(O)N(c1ccccc1)C(Oc1ccccc1)C1CC1. The summed E-state index contributed by atoms with van der Waals surface area (Å²) < 4.78 is 5.96. The molecule has 1 unspecified atom stereocenters. The summed E-state index contributed by atoms with van der Waals surface area (Å²) in [5, 5.41) is 9.60. The first-order chi connectivity index (χ1) is 10.3. The van der Waals surface area contributed by atoms with Crippen LogP contribution in [0.2, 0.25) is 0 Å². The molecule has 4 heteroatoms. The van der Waals surface area contributed by atoms with Crippen molar-refractivity contribution in [3.8, 4) is 5.75 Å². The highest BCUT2D eigenvalue weighted by Crippen LogP contribution is 2.38. The predicted octanol–water partition coefficient (Wildman–Crippen LogP) is 3.99. The zero-order valence-corrected chi connectivity index (χ0v) is 11.6. The standard InChI is InChI=1S/C17H17NO3/c19-17(20)18(14-7-3-1-4-8-14)16(13-11-12-13)21-15-9-5-2-6-10-15/h1-10,13,16H,11-12H2,(H,19,20). The molecule has 0 saturated heterocycles. The average Bonchev–Trinajstić information content (AvgIpc) is 3.33. The van der Waals surface area contributed by atoms with Crippen LogP contribution >= 0.6 is 0 Å². The Hall–Kier alpha value is -2.49. The second-order valence-electron chi connectivity index (χ2n) is 5.15. The third-order valence-corrected chi connectivity index (χ3v) is 3.52. The molecule has 1 saturated carbocycles. The van der Waals surface area contributed by atoms with E-state index >= 15 is 0 Å². The lowest BCUT2D eigenvalue weighted by molar-refractivity contribution is 0.149. The Morgan fingerprint density at radius 2 is 1.62 bits per heavy atom. The van der Waals surface area contributed by atoms with Crippen molar-refractivity contribution in [2.45, 2.75) is 19.1 Å². The van der Waals surface area contributed by atoms with Gasteiger partial charge < -0.3 is 9.84 Å². The van der Waals surface area contributed by atoms with Crippen molar-refractivity contribution >= 4 is 11.8 Å². The Bertz CT molecular complexity index is 596. The topological polar surface area (TPSA) is 49.8 Å². The summed E-state index contributed by atoms with van der Waals surface area (Å²) in [5.74, 6) is 0.943. The van der Waals surface area contributed by atoms with Crippen molar-refractivity contribution in [1.82, 2.24) is 0 Å². The van der Waals surface area contributed by atoms with Crippen LogP contribution in [-0.4, -0.2) is 17.4 Å². The molecule has 108 valence electrons. The molecule has 1 atom stereocenters. The molecule has 0 radical (unpaired) electrons. The number of hydrogen-bond acceptors (Lipinski definition) is 2. The average molecular weight is 283 g/mol. The number of para-hydroxylation sites is 2. The van der Waals surface area contributed by atoms with Gasteiger partial charge in [-0.25, -0.2) is 9.69 Å². The normalized spacial score (nSPS) is 15.2. The minimum absolute atomic E-state index is 0.251. The fraction of sp³-hybridized carbons (Fsp3) is 0.235. The molecule has 0 spiro atoms. The number of nitrogens with zero attached hydrogens (tertiary/aromatic N) is 1. The van der Waals surface area contributed by atoms with Crippen LogP contribution in [0.15, 0.2) is 60.7 Å². The van der Waals surface area contributed by atoms with Gasteiger partial charge in [-0.2, -0.15) is 0 Å². The molecule has 3 rings (SSSR count). The Balaban J connectivity index is 1.89. The molecule has 1 N–H and O–H groups in total. The smallest absolute Gasteiger partial charge is 0.414 e. The number of amides is 1. The van der Waals surface area contributed by atoms with Gasteiger partial charge in [0.1, 0.15) is 5.75 Å². The first-order valence-corrected chi connectivity index (χ1v) is 7.04. The van der Waals surface area contributed by atoms with E-state index in [-0.39, 0.29) is 5.92 Å². The maximum absolute atomic E-state index is 11.7. The number of hydrogen-bond donors (Lipinski definition) is 1. The predicted molar refractivity (Wildman–Crippen MR) is 80.5 cm³/mol. The second-order valence-corrected chi connectivity index (χ2v) is 5.15. The lowest BCUT2D eigenvalue weighted by atomic mass is 10.2. The Morgan fingerprint density at radius 1 is 1.05 bits per heavy atom. The van der Waals surface area contributed by atoms with Gasteiger partial charge in [-0.15, -0.1) is 0 Å². The summed E-state index contributed by atoms with van der Waals surface area (Å²) in [4.78, 5) is 13.0. The molecule has 21 heavy (non-hydrogen) atoms. The van der Waals surface area contributed by atoms with E-state index in [1.165, 1.54) is 4.90 Å². The highest BCUT2D eigenvalue weighted by molar-refractivity contribution is 5.86. The van der Waals surface area contributed by atoms with Gasteiger partial charge in [-0.1, -0.05) is 36.4 Å². The van der Waals surface area contributed by atoms with Crippen molar-refractivity contribution in [3.63, 3.8) is 0 Å². The van der Waals surface area contributed by atoms with E-state index in [1.54, 1.807) is 12.1 Å². The van der Waals surface area contributed by atoms with Crippen LogP contribution in [0.1, 0.15) is 12.8 Å². The maximum atomic E-state index is 11.7. The van der Waals surface area contributed by atoms with Gasteiger partial charge in [0, 0.05) is 5.92 Å². The Morgan fingerprint density at radius 3 is 2.14 bits per heavy atom. The van der Waals surface area contributed by atoms with E-state index in [0.717, 1.165) is 12.8 Å². The fourth-order valence-electron chi connectivity index (χ4n) is 2.33. The number of rotatable bonds is 5. The van der Waals surface area contributed by atoms with Crippen LogP contribution in [0, 0.1) is 5.92 Å². The first kappa shape index (κ1) is 13.5. The van der Waals surface area contributed by atoms with Gasteiger partial charge in [0.2, 0.25) is 0 Å². The third-order valence-electron chi connectivity index (χ3n) is 3.52. The van der Waals surface area contributed by atoms with Crippen LogP contribution in [0.5, 0.6) is 5.75 Å². The van der Waals surface area contributed by atoms with Crippen molar-refractivity contribution in [2.24, 2.45) is 5.92 Å². The maximum Gasteiger partial charge on any atom is 0.414 e. The zero-order chi connectivity index (χ0) is 14.7. The summed E-state index contributed by atoms with van der Waals surface area (Å²) in [7, 11) is 0. The molecule has 1 aliphatic rings. The summed E-state index contributed by atoms with van der Waals surface area (Å²) in [6.45, 7) is 0. The largest absolute Gasteiger partial charge is 0.470 e. The highest BCUT2D eigenvalue weighted by Gasteiger charge is 2.40. The van der Waals surface area contributed by atoms with Crippen molar-refractivity contribution in [3.05, 3.63) is 60.7 Å². The lowest BCUT2D eigenvalue weighted by Crippen LogP contribution is -2.44. The van der Waals surface area contributed by atoms with Gasteiger partial charge in [0.05, 0.1) is 5.69 Å². The van der Waals surface area contributed by atoms with Crippen molar-refractivity contribution in [2.75, 3.05) is 4.90 Å². The molecule has 2 aromatic carbocycles. The van der Waals surface area contributed by atoms with Crippen LogP contribution in [0.3, 0.4) is 0 Å². The van der Waals surface area contributed by atoms with Crippen LogP contribution < -0.4 is 9.64 Å². The number of anilines is 1. The van der Waals surface area contributed by atoms with Crippen LogP contribution in [0.4, 0.5) is 10.5 Å². The minimum atomic E-state index is -0.992. The summed E-state index contributed by atoms with van der Waals surface area (Å²) >= 11 is 0. The lowest BCUT2D eigenvalue weighted by Gasteiger charge is -2.30. The number of carboxylic acid groups (broad SMARTS) is 1. The Kier molecular flexibility index (Phi) is 3.77. The summed E-state index contributed by atoms with van der Waals surface area (Å²) in [5.41, 5.74) is 0.637. The van der Waals surface area contributed by atoms with Gasteiger partial charge >= 0.3 is 6.09 Å². The molecule has 2 aromatic rings. The number of ether oxygens (including phenoxy) is 1. The first-order valence-electron chi connectivity index (χ1n) is 7.04. The third kappa shape index (κ3) is 3.16. The zero-order valence-electron chi connectivity index (χ0n) is 11.6. The van der Waals surface area contributed by atoms with E-state index in [1.807, 2.05) is 48.5 Å². The van der Waals surface area contributed by atoms with Crippen LogP contribution in [0.25, 0.3) is 0 Å². The van der Waals surface area contributed by atoms with E-state index < -0.39 is 12.3 Å². The molecule has 1 fully saturated rings. The summed E-state index contributed by atoms with van der Waals surface area (Å²) in [6, 6.07) is 18.5. The van der Waals surface area contributed by atoms with Gasteiger partial charge in [0.25, 0.3) is 0 Å². The fourth-order valence-corrected chi connectivity index (χ4v) is 2.33. The van der Waals surface area contributed by atoms with Gasteiger partial charge in [-0.3, -0.25) is 0 Å². The number of benzene rings is 2.